The van der Waals surface area contributed by atoms with Crippen molar-refractivity contribution in [2.45, 2.75) is 66.2 Å². The predicted octanol–water partition coefficient (Wildman–Crippen LogP) is 4.79. The van der Waals surface area contributed by atoms with Crippen LogP contribution in [-0.2, 0) is 4.74 Å². The zero-order valence-corrected chi connectivity index (χ0v) is 22.0. The molecule has 36 heavy (non-hydrogen) atoms. The highest BCUT2D eigenvalue weighted by atomic mass is 16.6. The molecule has 1 amide bonds. The van der Waals surface area contributed by atoms with Gasteiger partial charge in [0.1, 0.15) is 11.3 Å². The largest absolute Gasteiger partial charge is 0.444 e. The van der Waals surface area contributed by atoms with Crippen molar-refractivity contribution in [3.05, 3.63) is 47.9 Å². The normalized spacial score (nSPS) is 18.8. The monoisotopic (exact) mass is 487 g/mol. The van der Waals surface area contributed by atoms with Crippen LogP contribution < -0.4 is 4.90 Å². The lowest BCUT2D eigenvalue weighted by Crippen LogP contribution is -2.59. The number of piperazine rings is 1. The van der Waals surface area contributed by atoms with Crippen molar-refractivity contribution in [2.75, 3.05) is 18.0 Å². The molecule has 1 aliphatic rings. The lowest BCUT2D eigenvalue weighted by atomic mass is 10.1. The predicted molar refractivity (Wildman–Crippen MR) is 140 cm³/mol. The lowest BCUT2D eigenvalue weighted by molar-refractivity contribution is 0.00566. The van der Waals surface area contributed by atoms with E-state index in [2.05, 4.69) is 34.8 Å². The highest BCUT2D eigenvalue weighted by molar-refractivity contribution is 5.81. The van der Waals surface area contributed by atoms with Crippen molar-refractivity contribution in [1.82, 2.24) is 29.5 Å². The molecule has 0 spiro atoms. The molecular weight excluding hydrogens is 454 g/mol. The summed E-state index contributed by atoms with van der Waals surface area (Å²) in [6.07, 6.45) is 3.52. The minimum Gasteiger partial charge on any atom is -0.444 e. The van der Waals surface area contributed by atoms with Gasteiger partial charge >= 0.3 is 6.09 Å². The fraction of sp³-hybridized carbons (Fsp3) is 0.444. The van der Waals surface area contributed by atoms with Gasteiger partial charge < -0.3 is 9.64 Å². The summed E-state index contributed by atoms with van der Waals surface area (Å²) < 4.78 is 7.44. The summed E-state index contributed by atoms with van der Waals surface area (Å²) in [7, 11) is 0. The molecular formula is C27H33N7O2. The molecule has 9 heteroatoms. The molecule has 1 aliphatic heterocycles. The van der Waals surface area contributed by atoms with Crippen LogP contribution in [0, 0.1) is 13.8 Å². The molecule has 0 N–H and O–H groups in total. The van der Waals surface area contributed by atoms with Crippen LogP contribution in [0.15, 0.2) is 36.7 Å². The van der Waals surface area contributed by atoms with Gasteiger partial charge in [0.25, 0.3) is 0 Å². The number of nitrogens with zero attached hydrogens (tertiary/aromatic N) is 7. The minimum atomic E-state index is -0.514. The number of pyridine rings is 2. The second-order valence-corrected chi connectivity index (χ2v) is 10.8. The van der Waals surface area contributed by atoms with Gasteiger partial charge in [-0.2, -0.15) is 5.10 Å². The smallest absolute Gasteiger partial charge is 0.410 e. The Bertz CT molecular complexity index is 1440. The summed E-state index contributed by atoms with van der Waals surface area (Å²) in [4.78, 5) is 30.9. The van der Waals surface area contributed by atoms with E-state index in [1.54, 1.807) is 0 Å². The Balaban J connectivity index is 1.38. The Morgan fingerprint density at radius 3 is 2.44 bits per heavy atom. The van der Waals surface area contributed by atoms with Crippen LogP contribution in [0.5, 0.6) is 0 Å². The Labute approximate surface area is 211 Å². The third-order valence-corrected chi connectivity index (χ3v) is 6.41. The van der Waals surface area contributed by atoms with E-state index in [9.17, 15) is 4.79 Å². The van der Waals surface area contributed by atoms with Gasteiger partial charge in [-0.15, -0.1) is 0 Å². The van der Waals surface area contributed by atoms with Crippen LogP contribution in [0.3, 0.4) is 0 Å². The van der Waals surface area contributed by atoms with Crippen LogP contribution >= 0.6 is 0 Å². The van der Waals surface area contributed by atoms with Gasteiger partial charge in [-0.05, 0) is 78.3 Å². The summed E-state index contributed by atoms with van der Waals surface area (Å²) in [5.74, 6) is 0. The number of rotatable bonds is 2. The number of hydrogen-bond donors (Lipinski definition) is 0. The average Bonchev–Trinajstić information content (AvgIpc) is 3.17. The van der Waals surface area contributed by atoms with E-state index in [-0.39, 0.29) is 18.2 Å². The number of fused-ring (bicyclic) bond motifs is 2. The van der Waals surface area contributed by atoms with E-state index in [1.807, 2.05) is 74.6 Å². The van der Waals surface area contributed by atoms with E-state index in [4.69, 9.17) is 14.8 Å². The van der Waals surface area contributed by atoms with E-state index >= 15 is 0 Å². The molecule has 0 aromatic carbocycles. The van der Waals surface area contributed by atoms with Gasteiger partial charge in [0.2, 0.25) is 0 Å². The first-order valence-corrected chi connectivity index (χ1v) is 12.4. The van der Waals surface area contributed by atoms with Crippen LogP contribution in [0.1, 0.15) is 45.9 Å². The van der Waals surface area contributed by atoms with Gasteiger partial charge in [-0.3, -0.25) is 4.90 Å². The first-order valence-electron chi connectivity index (χ1n) is 12.4. The van der Waals surface area contributed by atoms with Crippen LogP contribution in [-0.4, -0.2) is 66.3 Å². The van der Waals surface area contributed by atoms with Crippen molar-refractivity contribution >= 4 is 28.5 Å². The van der Waals surface area contributed by atoms with E-state index in [0.29, 0.717) is 18.7 Å². The SMILES string of the molecule is Cc1cn2nc(-c3ccc4cc(N5C[C@@H](C)N(C(=O)OC(C)(C)C)[C@H](C)C5)cnc4n3)cc(C)c2n1. The third kappa shape index (κ3) is 4.57. The van der Waals surface area contributed by atoms with Crippen molar-refractivity contribution in [3.8, 4) is 11.4 Å². The number of anilines is 1. The number of imidazole rings is 1. The third-order valence-electron chi connectivity index (χ3n) is 6.41. The summed E-state index contributed by atoms with van der Waals surface area (Å²) in [5.41, 5.74) is 5.56. The number of carbonyl (C=O) groups excluding carboxylic acids is 1. The molecule has 188 valence electrons. The Kier molecular flexibility index (Phi) is 5.81. The number of aryl methyl sites for hydroxylation is 2. The van der Waals surface area contributed by atoms with Gasteiger partial charge in [-0.1, -0.05) is 0 Å². The quantitative estimate of drug-likeness (QED) is 0.402. The fourth-order valence-electron chi connectivity index (χ4n) is 4.89. The van der Waals surface area contributed by atoms with Gasteiger partial charge in [0.05, 0.1) is 41.6 Å². The lowest BCUT2D eigenvalue weighted by Gasteiger charge is -2.45. The van der Waals surface area contributed by atoms with Crippen LogP contribution in [0.4, 0.5) is 10.5 Å². The van der Waals surface area contributed by atoms with Gasteiger partial charge in [0, 0.05) is 18.5 Å². The Morgan fingerprint density at radius 2 is 1.75 bits per heavy atom. The van der Waals surface area contributed by atoms with Crippen LogP contribution in [0.25, 0.3) is 28.1 Å². The summed E-state index contributed by atoms with van der Waals surface area (Å²) in [5, 5.41) is 5.66. The maximum atomic E-state index is 12.8. The summed E-state index contributed by atoms with van der Waals surface area (Å²) in [6.45, 7) is 15.2. The van der Waals surface area contributed by atoms with Gasteiger partial charge in [-0.25, -0.2) is 24.3 Å². The second kappa shape index (κ2) is 8.72. The summed E-state index contributed by atoms with van der Waals surface area (Å²) in [6, 6.07) is 8.17. The average molecular weight is 488 g/mol. The highest BCUT2D eigenvalue weighted by Crippen LogP contribution is 2.27. The van der Waals surface area contributed by atoms with Crippen molar-refractivity contribution in [2.24, 2.45) is 0 Å². The standard InChI is InChI=1S/C27H33N7O2/c1-16-10-23(31-33-13-17(2)29-25(16)33)22-9-8-20-11-21(12-28-24(20)30-22)32-14-18(3)34(19(4)15-32)26(35)36-27(5,6)7/h8-13,18-19H,14-15H2,1-7H3/t18-,19-/m1/s1. The first-order chi connectivity index (χ1) is 17.0. The van der Waals surface area contributed by atoms with Crippen LogP contribution in [0.2, 0.25) is 0 Å². The van der Waals surface area contributed by atoms with E-state index < -0.39 is 5.60 Å². The molecule has 9 nitrogen and oxygen atoms in total. The fourth-order valence-corrected chi connectivity index (χ4v) is 4.89. The molecule has 5 heterocycles. The number of amides is 1. The topological polar surface area (TPSA) is 88.8 Å². The first kappa shape index (κ1) is 24.0. The molecule has 0 bridgehead atoms. The number of aromatic nitrogens is 5. The number of ether oxygens (including phenoxy) is 1. The molecule has 0 saturated carbocycles. The molecule has 0 unspecified atom stereocenters. The zero-order chi connectivity index (χ0) is 25.8. The number of carbonyl (C=O) groups is 1. The molecule has 1 saturated heterocycles. The molecule has 1 fully saturated rings. The Hall–Kier alpha value is -3.75. The highest BCUT2D eigenvalue weighted by Gasteiger charge is 2.35. The maximum Gasteiger partial charge on any atom is 0.410 e. The van der Waals surface area contributed by atoms with E-state index in [1.165, 1.54) is 0 Å². The van der Waals surface area contributed by atoms with Crippen molar-refractivity contribution in [1.29, 1.82) is 0 Å². The van der Waals surface area contributed by atoms with Crippen molar-refractivity contribution in [3.63, 3.8) is 0 Å². The second-order valence-electron chi connectivity index (χ2n) is 10.8. The maximum absolute atomic E-state index is 12.8. The zero-order valence-electron chi connectivity index (χ0n) is 22.0. The molecule has 2 atom stereocenters. The molecule has 4 aromatic rings. The summed E-state index contributed by atoms with van der Waals surface area (Å²) >= 11 is 0. The molecule has 0 radical (unpaired) electrons. The number of hydrogen-bond acceptors (Lipinski definition) is 7. The van der Waals surface area contributed by atoms with E-state index in [0.717, 1.165) is 39.4 Å². The molecule has 5 rings (SSSR count). The van der Waals surface area contributed by atoms with Crippen molar-refractivity contribution < 1.29 is 9.53 Å². The molecule has 0 aliphatic carbocycles. The Morgan fingerprint density at radius 1 is 1.03 bits per heavy atom. The minimum absolute atomic E-state index is 0.0100. The molecule has 4 aromatic heterocycles. The van der Waals surface area contributed by atoms with Gasteiger partial charge in [0.15, 0.2) is 11.3 Å².